The van der Waals surface area contributed by atoms with Crippen LogP contribution >= 0.6 is 0 Å². The molecule has 0 saturated carbocycles. The minimum absolute atomic E-state index is 0.0102. The summed E-state index contributed by atoms with van der Waals surface area (Å²) >= 11 is 0. The number of para-hydroxylation sites is 1. The zero-order valence-electron chi connectivity index (χ0n) is 20.0. The van der Waals surface area contributed by atoms with E-state index in [1.165, 1.54) is 12.1 Å². The molecule has 0 spiro atoms. The molecule has 2 heterocycles. The number of carbonyl (C=O) groups is 2. The van der Waals surface area contributed by atoms with Crippen molar-refractivity contribution >= 4 is 33.2 Å². The lowest BCUT2D eigenvalue weighted by Crippen LogP contribution is -2.47. The smallest absolute Gasteiger partial charge is 0.255 e. The normalized spacial score (nSPS) is 14.5. The van der Waals surface area contributed by atoms with Gasteiger partial charge >= 0.3 is 0 Å². The molecule has 1 N–H and O–H groups in total. The van der Waals surface area contributed by atoms with E-state index in [0.29, 0.717) is 42.7 Å². The number of anilines is 2. The monoisotopic (exact) mass is 495 g/mol. The summed E-state index contributed by atoms with van der Waals surface area (Å²) in [4.78, 5) is 29.9. The number of aryl methyl sites for hydroxylation is 1. The quantitative estimate of drug-likeness (QED) is 0.564. The van der Waals surface area contributed by atoms with Crippen LogP contribution in [0.4, 0.5) is 11.5 Å². The first kappa shape index (κ1) is 24.5. The molecule has 0 aliphatic carbocycles. The van der Waals surface area contributed by atoms with Gasteiger partial charge in [-0.05, 0) is 49.2 Å². The highest BCUT2D eigenvalue weighted by molar-refractivity contribution is 7.90. The number of piperidine rings is 1. The lowest BCUT2D eigenvalue weighted by molar-refractivity contribution is 0.0570. The Balaban J connectivity index is 1.39. The van der Waals surface area contributed by atoms with E-state index < -0.39 is 9.84 Å². The number of aromatic nitrogens is 2. The van der Waals surface area contributed by atoms with Crippen molar-refractivity contribution in [3.05, 3.63) is 71.9 Å². The maximum Gasteiger partial charge on any atom is 0.255 e. The molecule has 1 aromatic heterocycles. The maximum atomic E-state index is 13.3. The highest BCUT2D eigenvalue weighted by atomic mass is 32.2. The van der Waals surface area contributed by atoms with Crippen molar-refractivity contribution in [1.29, 1.82) is 0 Å². The molecule has 10 heteroatoms. The number of rotatable bonds is 6. The summed E-state index contributed by atoms with van der Waals surface area (Å²) in [5.41, 5.74) is 1.74. The van der Waals surface area contributed by atoms with Gasteiger partial charge in [0.25, 0.3) is 11.8 Å². The van der Waals surface area contributed by atoms with Gasteiger partial charge in [0.15, 0.2) is 9.84 Å². The first-order chi connectivity index (χ1) is 16.6. The fourth-order valence-electron chi connectivity index (χ4n) is 4.25. The molecule has 2 aromatic carbocycles. The molecule has 0 unspecified atom stereocenters. The number of hydrogen-bond donors (Lipinski definition) is 1. The van der Waals surface area contributed by atoms with Crippen molar-refractivity contribution in [2.75, 3.05) is 31.7 Å². The number of nitrogens with one attached hydrogen (secondary N) is 1. The largest absolute Gasteiger partial charge is 0.340 e. The minimum atomic E-state index is -3.31. The highest BCUT2D eigenvalue weighted by Gasteiger charge is 2.29. The zero-order chi connectivity index (χ0) is 25.2. The van der Waals surface area contributed by atoms with E-state index in [1.54, 1.807) is 35.0 Å². The molecule has 3 aromatic rings. The Labute approximate surface area is 205 Å². The van der Waals surface area contributed by atoms with E-state index >= 15 is 0 Å². The van der Waals surface area contributed by atoms with Crippen molar-refractivity contribution in [3.63, 3.8) is 0 Å². The summed E-state index contributed by atoms with van der Waals surface area (Å²) in [6, 6.07) is 15.2. The van der Waals surface area contributed by atoms with Crippen molar-refractivity contribution in [1.82, 2.24) is 19.6 Å². The van der Waals surface area contributed by atoms with Gasteiger partial charge < -0.3 is 15.1 Å². The van der Waals surface area contributed by atoms with Crippen LogP contribution in [0.5, 0.6) is 0 Å². The van der Waals surface area contributed by atoms with E-state index in [4.69, 9.17) is 0 Å². The molecule has 0 radical (unpaired) electrons. The van der Waals surface area contributed by atoms with Crippen LogP contribution in [0.2, 0.25) is 0 Å². The Hall–Kier alpha value is -3.66. The van der Waals surface area contributed by atoms with E-state index in [0.717, 1.165) is 12.1 Å². The molecule has 2 amide bonds. The van der Waals surface area contributed by atoms with Gasteiger partial charge in [-0.25, -0.2) is 8.42 Å². The van der Waals surface area contributed by atoms with Gasteiger partial charge in [0.1, 0.15) is 5.82 Å². The molecule has 184 valence electrons. The van der Waals surface area contributed by atoms with Crippen LogP contribution in [0.25, 0.3) is 0 Å². The SMILES string of the molecule is CN(C(=O)c1ccc(S(C)(=O)=O)cc1)C1CCN(C(=O)c2ccccc2Nc2ccnn2C)CC1. The van der Waals surface area contributed by atoms with Crippen LogP contribution in [0.3, 0.4) is 0 Å². The van der Waals surface area contributed by atoms with Gasteiger partial charge in [0, 0.05) is 51.1 Å². The molecule has 4 rings (SSSR count). The maximum absolute atomic E-state index is 13.3. The molecule has 9 nitrogen and oxygen atoms in total. The minimum Gasteiger partial charge on any atom is -0.340 e. The van der Waals surface area contributed by atoms with Crippen molar-refractivity contribution in [2.45, 2.75) is 23.8 Å². The molecular formula is C25H29N5O4S. The van der Waals surface area contributed by atoms with Gasteiger partial charge in [-0.2, -0.15) is 5.10 Å². The molecule has 1 aliphatic heterocycles. The Bertz CT molecular complexity index is 1330. The number of amides is 2. The third-order valence-corrected chi connectivity index (χ3v) is 7.52. The van der Waals surface area contributed by atoms with Crippen LogP contribution in [0, 0.1) is 0 Å². The summed E-state index contributed by atoms with van der Waals surface area (Å²) in [5.74, 6) is 0.563. The summed E-state index contributed by atoms with van der Waals surface area (Å²) in [6.45, 7) is 1.07. The van der Waals surface area contributed by atoms with Crippen LogP contribution in [-0.4, -0.2) is 72.2 Å². The summed E-state index contributed by atoms with van der Waals surface area (Å²) in [6.07, 6.45) is 4.15. The number of hydrogen-bond acceptors (Lipinski definition) is 6. The molecule has 0 atom stereocenters. The number of carbonyl (C=O) groups excluding carboxylic acids is 2. The van der Waals surface area contributed by atoms with Crippen LogP contribution in [0.15, 0.2) is 65.7 Å². The Kier molecular flexibility index (Phi) is 6.93. The highest BCUT2D eigenvalue weighted by Crippen LogP contribution is 2.25. The number of benzene rings is 2. The van der Waals surface area contributed by atoms with Crippen LogP contribution < -0.4 is 5.32 Å². The van der Waals surface area contributed by atoms with Crippen molar-refractivity contribution in [2.24, 2.45) is 7.05 Å². The van der Waals surface area contributed by atoms with Gasteiger partial charge in [-0.1, -0.05) is 12.1 Å². The Morgan fingerprint density at radius 3 is 2.29 bits per heavy atom. The molecule has 1 fully saturated rings. The third kappa shape index (κ3) is 5.37. The van der Waals surface area contributed by atoms with E-state index in [1.807, 2.05) is 42.3 Å². The fourth-order valence-corrected chi connectivity index (χ4v) is 4.88. The van der Waals surface area contributed by atoms with Crippen LogP contribution in [0.1, 0.15) is 33.6 Å². The predicted molar refractivity (Wildman–Crippen MR) is 134 cm³/mol. The fraction of sp³-hybridized carbons (Fsp3) is 0.320. The molecular weight excluding hydrogens is 466 g/mol. The average Bonchev–Trinajstić information content (AvgIpc) is 3.27. The third-order valence-electron chi connectivity index (χ3n) is 6.39. The number of sulfone groups is 1. The van der Waals surface area contributed by atoms with Crippen LogP contribution in [-0.2, 0) is 16.9 Å². The second kappa shape index (κ2) is 9.91. The van der Waals surface area contributed by atoms with Gasteiger partial charge in [0.2, 0.25) is 0 Å². The molecule has 1 saturated heterocycles. The topological polar surface area (TPSA) is 105 Å². The lowest BCUT2D eigenvalue weighted by atomic mass is 10.0. The summed E-state index contributed by atoms with van der Waals surface area (Å²) < 4.78 is 25.0. The first-order valence-electron chi connectivity index (χ1n) is 11.4. The molecule has 1 aliphatic rings. The molecule has 35 heavy (non-hydrogen) atoms. The predicted octanol–water partition coefficient (Wildman–Crippen LogP) is 2.94. The van der Waals surface area contributed by atoms with E-state index in [9.17, 15) is 18.0 Å². The van der Waals surface area contributed by atoms with Gasteiger partial charge in [0.05, 0.1) is 22.3 Å². The van der Waals surface area contributed by atoms with Crippen molar-refractivity contribution < 1.29 is 18.0 Å². The number of nitrogens with zero attached hydrogens (tertiary/aromatic N) is 4. The Morgan fingerprint density at radius 1 is 1.03 bits per heavy atom. The Morgan fingerprint density at radius 2 is 1.69 bits per heavy atom. The van der Waals surface area contributed by atoms with Gasteiger partial charge in [-0.15, -0.1) is 0 Å². The second-order valence-corrected chi connectivity index (χ2v) is 10.8. The zero-order valence-corrected chi connectivity index (χ0v) is 20.8. The first-order valence-corrected chi connectivity index (χ1v) is 13.2. The average molecular weight is 496 g/mol. The van der Waals surface area contributed by atoms with E-state index in [-0.39, 0.29) is 22.8 Å². The van der Waals surface area contributed by atoms with E-state index in [2.05, 4.69) is 10.4 Å². The molecule has 0 bridgehead atoms. The van der Waals surface area contributed by atoms with Gasteiger partial charge in [-0.3, -0.25) is 14.3 Å². The second-order valence-electron chi connectivity index (χ2n) is 8.75. The summed E-state index contributed by atoms with van der Waals surface area (Å²) in [5, 5.41) is 7.43. The van der Waals surface area contributed by atoms with Crippen molar-refractivity contribution in [3.8, 4) is 0 Å². The summed E-state index contributed by atoms with van der Waals surface area (Å²) in [7, 11) is 0.266. The number of likely N-dealkylation sites (tertiary alicyclic amines) is 1. The standard InChI is InChI=1S/C25H29N5O4S/c1-28(24(31)18-8-10-20(11-9-18)35(3,33)34)19-13-16-30(17-14-19)25(32)21-6-4-5-7-22(21)27-23-12-15-26-29(23)2/h4-12,15,19,27H,13-14,16-17H2,1-3H3. The lowest BCUT2D eigenvalue weighted by Gasteiger charge is -2.37.